The number of rotatable bonds is 4. The molecule has 1 N–H and O–H groups in total. The molecule has 2 aromatic rings. The summed E-state index contributed by atoms with van der Waals surface area (Å²) in [5.41, 5.74) is 3.63. The molecule has 0 spiro atoms. The zero-order valence-electron chi connectivity index (χ0n) is 11.2. The van der Waals surface area contributed by atoms with Crippen LogP contribution in [0.15, 0.2) is 59.8 Å². The molecule has 0 bridgehead atoms. The van der Waals surface area contributed by atoms with Gasteiger partial charge >= 0.3 is 0 Å². The van der Waals surface area contributed by atoms with Crippen LogP contribution in [0.25, 0.3) is 0 Å². The molecule has 3 nitrogen and oxygen atoms in total. The zero-order valence-corrected chi connectivity index (χ0v) is 11.2. The van der Waals surface area contributed by atoms with E-state index in [9.17, 15) is 5.21 Å². The molecule has 0 aliphatic carbocycles. The number of benzene rings is 2. The molecule has 0 unspecified atom stereocenters. The summed E-state index contributed by atoms with van der Waals surface area (Å²) in [6, 6.07) is 17.7. The van der Waals surface area contributed by atoms with E-state index < -0.39 is 0 Å². The molecule has 0 fully saturated rings. The van der Waals surface area contributed by atoms with E-state index in [1.54, 1.807) is 0 Å². The van der Waals surface area contributed by atoms with Crippen LogP contribution < -0.4 is 0 Å². The van der Waals surface area contributed by atoms with Crippen LogP contribution in [0.1, 0.15) is 16.7 Å². The van der Waals surface area contributed by atoms with Crippen LogP contribution in [-0.4, -0.2) is 29.9 Å². The Balaban J connectivity index is 2.45. The monoisotopic (exact) mass is 254 g/mol. The second kappa shape index (κ2) is 6.16. The summed E-state index contributed by atoms with van der Waals surface area (Å²) in [6.45, 7) is 0.808. The van der Waals surface area contributed by atoms with Crippen LogP contribution in [0.3, 0.4) is 0 Å². The van der Waals surface area contributed by atoms with Gasteiger partial charge in [-0.05, 0) is 19.7 Å². The minimum absolute atomic E-state index is 0.609. The number of oxime groups is 1. The molecule has 0 aliphatic rings. The second-order valence-electron chi connectivity index (χ2n) is 4.71. The average Bonchev–Trinajstić information content (AvgIpc) is 2.42. The number of hydrogen-bond acceptors (Lipinski definition) is 3. The predicted octanol–water partition coefficient (Wildman–Crippen LogP) is 2.97. The fourth-order valence-electron chi connectivity index (χ4n) is 2.09. The molecule has 19 heavy (non-hydrogen) atoms. The molecule has 0 radical (unpaired) electrons. The Bertz CT molecular complexity index is 562. The first kappa shape index (κ1) is 13.3. The molecule has 0 saturated carbocycles. The van der Waals surface area contributed by atoms with E-state index >= 15 is 0 Å². The van der Waals surface area contributed by atoms with Gasteiger partial charge in [0, 0.05) is 17.7 Å². The molecule has 2 aromatic carbocycles. The van der Waals surface area contributed by atoms with Crippen LogP contribution in [0, 0.1) is 0 Å². The zero-order chi connectivity index (χ0) is 13.7. The van der Waals surface area contributed by atoms with E-state index in [0.29, 0.717) is 5.71 Å². The predicted molar refractivity (Wildman–Crippen MR) is 77.7 cm³/mol. The highest BCUT2D eigenvalue weighted by Gasteiger charge is 2.12. The molecule has 0 aromatic heterocycles. The third-order valence-corrected chi connectivity index (χ3v) is 2.91. The van der Waals surface area contributed by atoms with Crippen LogP contribution in [0.5, 0.6) is 0 Å². The van der Waals surface area contributed by atoms with Crippen molar-refractivity contribution in [3.63, 3.8) is 0 Å². The van der Waals surface area contributed by atoms with Gasteiger partial charge in [0.1, 0.15) is 5.71 Å². The van der Waals surface area contributed by atoms with Gasteiger partial charge < -0.3 is 10.1 Å². The molecule has 3 heteroatoms. The van der Waals surface area contributed by atoms with Crippen molar-refractivity contribution >= 4 is 5.71 Å². The third kappa shape index (κ3) is 3.20. The summed E-state index contributed by atoms with van der Waals surface area (Å²) in [5, 5.41) is 12.9. The van der Waals surface area contributed by atoms with Crippen LogP contribution in [0.2, 0.25) is 0 Å². The van der Waals surface area contributed by atoms with Crippen molar-refractivity contribution in [3.05, 3.63) is 71.3 Å². The quantitative estimate of drug-likeness (QED) is 0.517. The summed E-state index contributed by atoms with van der Waals surface area (Å²) in [5.74, 6) is 0. The highest BCUT2D eigenvalue weighted by molar-refractivity contribution is 6.13. The van der Waals surface area contributed by atoms with Gasteiger partial charge in [-0.3, -0.25) is 0 Å². The van der Waals surface area contributed by atoms with Gasteiger partial charge in [-0.15, -0.1) is 0 Å². The minimum Gasteiger partial charge on any atom is -0.410 e. The first-order valence-electron chi connectivity index (χ1n) is 6.23. The molecule has 0 amide bonds. The Morgan fingerprint density at radius 1 is 1.00 bits per heavy atom. The lowest BCUT2D eigenvalue weighted by Gasteiger charge is -2.15. The van der Waals surface area contributed by atoms with E-state index in [1.165, 1.54) is 0 Å². The average molecular weight is 254 g/mol. The molecular weight excluding hydrogens is 236 g/mol. The maximum absolute atomic E-state index is 9.37. The van der Waals surface area contributed by atoms with Gasteiger partial charge in [0.15, 0.2) is 0 Å². The van der Waals surface area contributed by atoms with Gasteiger partial charge in [0.05, 0.1) is 0 Å². The van der Waals surface area contributed by atoms with Crippen molar-refractivity contribution in [1.82, 2.24) is 4.90 Å². The summed E-state index contributed by atoms with van der Waals surface area (Å²) in [7, 11) is 4.05. The largest absolute Gasteiger partial charge is 0.410 e. The third-order valence-electron chi connectivity index (χ3n) is 2.91. The van der Waals surface area contributed by atoms with Crippen molar-refractivity contribution in [1.29, 1.82) is 0 Å². The fraction of sp³-hybridized carbons (Fsp3) is 0.188. The first-order valence-corrected chi connectivity index (χ1v) is 6.23. The van der Waals surface area contributed by atoms with Crippen molar-refractivity contribution < 1.29 is 5.21 Å². The van der Waals surface area contributed by atoms with E-state index in [-0.39, 0.29) is 0 Å². The van der Waals surface area contributed by atoms with Crippen molar-refractivity contribution in [3.8, 4) is 0 Å². The van der Waals surface area contributed by atoms with Crippen molar-refractivity contribution in [2.24, 2.45) is 5.16 Å². The summed E-state index contributed by atoms with van der Waals surface area (Å²) >= 11 is 0. The minimum atomic E-state index is 0.609. The lowest BCUT2D eigenvalue weighted by atomic mass is 9.97. The Hall–Kier alpha value is -2.13. The molecule has 0 saturated heterocycles. The SMILES string of the molecule is CN(C)Cc1ccccc1/C(=N\O)c1ccccc1. The van der Waals surface area contributed by atoms with Gasteiger partial charge in [-0.1, -0.05) is 59.8 Å². The standard InChI is InChI=1S/C16H18N2O/c1-18(2)12-14-10-6-7-11-15(14)16(17-19)13-8-4-3-5-9-13/h3-11,19H,12H2,1-2H3/b17-16-. The van der Waals surface area contributed by atoms with E-state index in [4.69, 9.17) is 0 Å². The van der Waals surface area contributed by atoms with Crippen LogP contribution in [-0.2, 0) is 6.54 Å². The number of nitrogens with zero attached hydrogens (tertiary/aromatic N) is 2. The highest BCUT2D eigenvalue weighted by Crippen LogP contribution is 2.16. The summed E-state index contributed by atoms with van der Waals surface area (Å²) < 4.78 is 0. The molecule has 2 rings (SSSR count). The Kier molecular flexibility index (Phi) is 4.31. The van der Waals surface area contributed by atoms with Gasteiger partial charge in [0.2, 0.25) is 0 Å². The molecule has 0 heterocycles. The lowest BCUT2D eigenvalue weighted by Crippen LogP contribution is -2.15. The lowest BCUT2D eigenvalue weighted by molar-refractivity contribution is 0.319. The summed E-state index contributed by atoms with van der Waals surface area (Å²) in [6.07, 6.45) is 0. The smallest absolute Gasteiger partial charge is 0.117 e. The van der Waals surface area contributed by atoms with Crippen LogP contribution >= 0.6 is 0 Å². The summed E-state index contributed by atoms with van der Waals surface area (Å²) in [4.78, 5) is 2.10. The Labute approximate surface area is 113 Å². The number of hydrogen-bond donors (Lipinski definition) is 1. The van der Waals surface area contributed by atoms with Gasteiger partial charge in [-0.2, -0.15) is 0 Å². The molecule has 0 aliphatic heterocycles. The Morgan fingerprint density at radius 2 is 1.63 bits per heavy atom. The van der Waals surface area contributed by atoms with E-state index in [0.717, 1.165) is 23.2 Å². The molecular formula is C16H18N2O. The maximum Gasteiger partial charge on any atom is 0.117 e. The maximum atomic E-state index is 9.37. The van der Waals surface area contributed by atoms with Gasteiger partial charge in [0.25, 0.3) is 0 Å². The molecule has 0 atom stereocenters. The molecule has 98 valence electrons. The topological polar surface area (TPSA) is 35.8 Å². The fourth-order valence-corrected chi connectivity index (χ4v) is 2.09. The van der Waals surface area contributed by atoms with Crippen molar-refractivity contribution in [2.75, 3.05) is 14.1 Å². The van der Waals surface area contributed by atoms with E-state index in [1.807, 2.05) is 62.6 Å². The highest BCUT2D eigenvalue weighted by atomic mass is 16.4. The normalized spacial score (nSPS) is 11.8. The Morgan fingerprint density at radius 3 is 2.26 bits per heavy atom. The second-order valence-corrected chi connectivity index (χ2v) is 4.71. The van der Waals surface area contributed by atoms with Crippen LogP contribution in [0.4, 0.5) is 0 Å². The van der Waals surface area contributed by atoms with E-state index in [2.05, 4.69) is 16.1 Å². The van der Waals surface area contributed by atoms with Gasteiger partial charge in [-0.25, -0.2) is 0 Å². The first-order chi connectivity index (χ1) is 9.22. The van der Waals surface area contributed by atoms with Crippen molar-refractivity contribution in [2.45, 2.75) is 6.54 Å².